The Bertz CT molecular complexity index is 699. The lowest BCUT2D eigenvalue weighted by Gasteiger charge is -2.39. The number of hydrogen-bond donors (Lipinski definition) is 3. The number of fused-ring (bicyclic) bond motifs is 1. The van der Waals surface area contributed by atoms with Gasteiger partial charge in [0.15, 0.2) is 0 Å². The highest BCUT2D eigenvalue weighted by Crippen LogP contribution is 2.31. The topological polar surface area (TPSA) is 76.6 Å². The molecule has 0 bridgehead atoms. The molecule has 1 aromatic carbocycles. The zero-order chi connectivity index (χ0) is 16.4. The maximum atomic E-state index is 12.5. The fourth-order valence-electron chi connectivity index (χ4n) is 3.18. The normalized spacial score (nSPS) is 17.6. The minimum atomic E-state index is -0.436. The van der Waals surface area contributed by atoms with Gasteiger partial charge in [-0.3, -0.25) is 4.79 Å². The summed E-state index contributed by atoms with van der Waals surface area (Å²) in [4.78, 5) is 17.5. The molecule has 1 aliphatic heterocycles. The zero-order valence-electron chi connectivity index (χ0n) is 12.9. The van der Waals surface area contributed by atoms with Gasteiger partial charge in [0.1, 0.15) is 0 Å². The number of aromatic nitrogens is 1. The molecule has 1 amide bonds. The van der Waals surface area contributed by atoms with Gasteiger partial charge in [0.05, 0.1) is 19.6 Å². The number of halogens is 1. The maximum Gasteiger partial charge on any atom is 0.227 e. The molecule has 2 heterocycles. The van der Waals surface area contributed by atoms with Crippen LogP contribution in [-0.2, 0) is 11.2 Å². The molecule has 0 aliphatic carbocycles. The fourth-order valence-corrected chi connectivity index (χ4v) is 3.35. The molecule has 3 N–H and O–H groups in total. The van der Waals surface area contributed by atoms with E-state index in [2.05, 4.69) is 4.98 Å². The van der Waals surface area contributed by atoms with Crippen molar-refractivity contribution >= 4 is 28.4 Å². The molecular weight excluding hydrogens is 316 g/mol. The third kappa shape index (κ3) is 3.22. The van der Waals surface area contributed by atoms with Crippen molar-refractivity contribution in [3.63, 3.8) is 0 Å². The number of amides is 1. The van der Waals surface area contributed by atoms with E-state index in [9.17, 15) is 15.0 Å². The number of aliphatic hydroxyl groups is 2. The third-order valence-electron chi connectivity index (χ3n) is 4.92. The number of hydrogen-bond acceptors (Lipinski definition) is 3. The van der Waals surface area contributed by atoms with Crippen LogP contribution in [-0.4, -0.2) is 52.3 Å². The quantitative estimate of drug-likeness (QED) is 0.798. The molecule has 0 radical (unpaired) electrons. The van der Waals surface area contributed by atoms with Gasteiger partial charge < -0.3 is 20.1 Å². The molecule has 6 heteroatoms. The molecule has 0 saturated carbocycles. The van der Waals surface area contributed by atoms with Gasteiger partial charge >= 0.3 is 0 Å². The highest BCUT2D eigenvalue weighted by Gasteiger charge is 2.34. The lowest BCUT2D eigenvalue weighted by molar-refractivity contribution is -0.134. The Hall–Kier alpha value is -1.56. The van der Waals surface area contributed by atoms with Crippen LogP contribution in [0.15, 0.2) is 24.4 Å². The third-order valence-corrected chi connectivity index (χ3v) is 5.15. The molecule has 1 aromatic heterocycles. The first-order chi connectivity index (χ1) is 11.1. The number of likely N-dealkylation sites (tertiary alicyclic amines) is 1. The monoisotopic (exact) mass is 336 g/mol. The van der Waals surface area contributed by atoms with E-state index in [0.717, 1.165) is 16.5 Å². The summed E-state index contributed by atoms with van der Waals surface area (Å²) in [6.45, 7) is 1.09. The molecule has 1 aliphatic rings. The number of benzene rings is 1. The Morgan fingerprint density at radius 1 is 1.26 bits per heavy atom. The number of piperidine rings is 1. The Labute approximate surface area is 139 Å². The van der Waals surface area contributed by atoms with Crippen LogP contribution in [0.2, 0.25) is 5.02 Å². The van der Waals surface area contributed by atoms with Crippen molar-refractivity contribution < 1.29 is 15.0 Å². The van der Waals surface area contributed by atoms with Gasteiger partial charge in [-0.15, -0.1) is 0 Å². The molecule has 3 rings (SSSR count). The highest BCUT2D eigenvalue weighted by atomic mass is 35.5. The number of nitrogens with zero attached hydrogens (tertiary/aromatic N) is 1. The van der Waals surface area contributed by atoms with Crippen molar-refractivity contribution in [2.45, 2.75) is 19.3 Å². The summed E-state index contributed by atoms with van der Waals surface area (Å²) >= 11 is 5.97. The lowest BCUT2D eigenvalue weighted by Crippen LogP contribution is -2.46. The van der Waals surface area contributed by atoms with Gasteiger partial charge in [0.25, 0.3) is 0 Å². The number of rotatable bonds is 4. The van der Waals surface area contributed by atoms with Crippen LogP contribution in [0.25, 0.3) is 10.9 Å². The minimum absolute atomic E-state index is 0.0330. The number of aromatic amines is 1. The second-order valence-electron chi connectivity index (χ2n) is 6.38. The van der Waals surface area contributed by atoms with Crippen molar-refractivity contribution in [1.29, 1.82) is 0 Å². The molecule has 2 aromatic rings. The first-order valence-electron chi connectivity index (χ1n) is 7.82. The molecule has 23 heavy (non-hydrogen) atoms. The van der Waals surface area contributed by atoms with Crippen LogP contribution in [0.5, 0.6) is 0 Å². The summed E-state index contributed by atoms with van der Waals surface area (Å²) in [5, 5.41) is 20.6. The predicted molar refractivity (Wildman–Crippen MR) is 89.4 cm³/mol. The first-order valence-corrected chi connectivity index (χ1v) is 8.20. The average molecular weight is 337 g/mol. The Morgan fingerprint density at radius 2 is 1.96 bits per heavy atom. The molecule has 1 saturated heterocycles. The van der Waals surface area contributed by atoms with E-state index in [-0.39, 0.29) is 19.1 Å². The predicted octanol–water partition coefficient (Wildman–Crippen LogP) is 1.96. The molecule has 1 fully saturated rings. The fraction of sp³-hybridized carbons (Fsp3) is 0.471. The largest absolute Gasteiger partial charge is 0.396 e. The molecule has 124 valence electrons. The lowest BCUT2D eigenvalue weighted by atomic mass is 9.80. The van der Waals surface area contributed by atoms with Crippen molar-refractivity contribution in [3.8, 4) is 0 Å². The van der Waals surface area contributed by atoms with Gasteiger partial charge in [-0.1, -0.05) is 17.7 Å². The number of carbonyl (C=O) groups excluding carboxylic acids is 1. The van der Waals surface area contributed by atoms with Crippen molar-refractivity contribution in [1.82, 2.24) is 9.88 Å². The zero-order valence-corrected chi connectivity index (χ0v) is 13.6. The number of carbonyl (C=O) groups is 1. The van der Waals surface area contributed by atoms with Gasteiger partial charge in [0.2, 0.25) is 5.91 Å². The van der Waals surface area contributed by atoms with Gasteiger partial charge in [-0.2, -0.15) is 0 Å². The van der Waals surface area contributed by atoms with E-state index in [1.54, 1.807) is 0 Å². The number of nitrogens with one attached hydrogen (secondary N) is 1. The second kappa shape index (κ2) is 6.51. The average Bonchev–Trinajstić information content (AvgIpc) is 2.96. The second-order valence-corrected chi connectivity index (χ2v) is 6.81. The van der Waals surface area contributed by atoms with Gasteiger partial charge in [-0.05, 0) is 30.5 Å². The van der Waals surface area contributed by atoms with Crippen LogP contribution < -0.4 is 0 Å². The van der Waals surface area contributed by atoms with Crippen molar-refractivity contribution in [2.75, 3.05) is 26.3 Å². The van der Waals surface area contributed by atoms with E-state index in [1.807, 2.05) is 29.3 Å². The number of aliphatic hydroxyl groups excluding tert-OH is 2. The van der Waals surface area contributed by atoms with Crippen LogP contribution in [0.4, 0.5) is 0 Å². The minimum Gasteiger partial charge on any atom is -0.396 e. The van der Waals surface area contributed by atoms with E-state index in [1.165, 1.54) is 0 Å². The first kappa shape index (κ1) is 16.3. The summed E-state index contributed by atoms with van der Waals surface area (Å²) in [7, 11) is 0. The van der Waals surface area contributed by atoms with Crippen LogP contribution >= 0.6 is 11.6 Å². The standard InChI is InChI=1S/C17H21ClN2O3/c18-13-1-2-14-12(9-19-15(14)8-13)7-16(23)20-5-3-17(10-21,11-22)4-6-20/h1-2,8-9,19,21-22H,3-7,10-11H2. The molecule has 5 nitrogen and oxygen atoms in total. The van der Waals surface area contributed by atoms with Crippen LogP contribution in [0.3, 0.4) is 0 Å². The Balaban J connectivity index is 1.67. The molecule has 0 unspecified atom stereocenters. The van der Waals surface area contributed by atoms with E-state index < -0.39 is 5.41 Å². The number of H-pyrrole nitrogens is 1. The van der Waals surface area contributed by atoms with Gasteiger partial charge in [-0.25, -0.2) is 0 Å². The molecule has 0 atom stereocenters. The smallest absolute Gasteiger partial charge is 0.227 e. The summed E-state index contributed by atoms with van der Waals surface area (Å²) in [5.74, 6) is 0.0744. The summed E-state index contributed by atoms with van der Waals surface area (Å²) in [6, 6.07) is 5.60. The summed E-state index contributed by atoms with van der Waals surface area (Å²) in [5.41, 5.74) is 1.45. The summed E-state index contributed by atoms with van der Waals surface area (Å²) < 4.78 is 0. The van der Waals surface area contributed by atoms with Crippen molar-refractivity contribution in [3.05, 3.63) is 35.0 Å². The maximum absolute atomic E-state index is 12.5. The van der Waals surface area contributed by atoms with Crippen LogP contribution in [0.1, 0.15) is 18.4 Å². The Kier molecular flexibility index (Phi) is 4.62. The van der Waals surface area contributed by atoms with Crippen molar-refractivity contribution in [2.24, 2.45) is 5.41 Å². The van der Waals surface area contributed by atoms with Crippen LogP contribution in [0, 0.1) is 5.41 Å². The van der Waals surface area contributed by atoms with Gasteiger partial charge in [0, 0.05) is 40.6 Å². The highest BCUT2D eigenvalue weighted by molar-refractivity contribution is 6.31. The van der Waals surface area contributed by atoms with E-state index >= 15 is 0 Å². The molecular formula is C17H21ClN2O3. The molecule has 0 spiro atoms. The Morgan fingerprint density at radius 3 is 2.61 bits per heavy atom. The summed E-state index contributed by atoms with van der Waals surface area (Å²) in [6.07, 6.45) is 3.46. The SMILES string of the molecule is O=C(Cc1c[nH]c2cc(Cl)ccc12)N1CCC(CO)(CO)CC1. The van der Waals surface area contributed by atoms with E-state index in [4.69, 9.17) is 11.6 Å². The van der Waals surface area contributed by atoms with E-state index in [0.29, 0.717) is 37.4 Å².